The molecule has 0 bridgehead atoms. The van der Waals surface area contributed by atoms with Gasteiger partial charge >= 0.3 is 6.09 Å². The zero-order valence-electron chi connectivity index (χ0n) is 11.6. The average molecular weight is 271 g/mol. The zero-order valence-corrected chi connectivity index (χ0v) is 11.6. The molecule has 0 amide bonds. The van der Waals surface area contributed by atoms with Gasteiger partial charge in [0, 0.05) is 11.8 Å². The number of nitrogens with zero attached hydrogens (tertiary/aromatic N) is 1. The summed E-state index contributed by atoms with van der Waals surface area (Å²) in [4.78, 5) is 22.9. The Morgan fingerprint density at radius 1 is 1.20 bits per heavy atom. The van der Waals surface area contributed by atoms with E-state index in [-0.39, 0.29) is 0 Å². The smallest absolute Gasteiger partial charge is 0.418 e. The largest absolute Gasteiger partial charge is 0.464 e. The van der Waals surface area contributed by atoms with E-state index in [4.69, 9.17) is 5.11 Å². The summed E-state index contributed by atoms with van der Waals surface area (Å²) in [5.41, 5.74) is 2.91. The number of pyridine rings is 1. The molecule has 0 spiro atoms. The number of carboxylic acid groups (broad SMARTS) is 1. The van der Waals surface area contributed by atoms with Gasteiger partial charge in [-0.1, -0.05) is 37.6 Å². The Morgan fingerprint density at radius 2 is 1.85 bits per heavy atom. The fourth-order valence-electron chi connectivity index (χ4n) is 2.24. The minimum atomic E-state index is -1.26. The molecule has 1 aromatic carbocycles. The van der Waals surface area contributed by atoms with Crippen LogP contribution in [0.4, 0.5) is 4.79 Å². The van der Waals surface area contributed by atoms with Crippen LogP contribution in [0.25, 0.3) is 11.1 Å². The van der Waals surface area contributed by atoms with Crippen LogP contribution >= 0.6 is 0 Å². The van der Waals surface area contributed by atoms with E-state index in [9.17, 15) is 9.59 Å². The molecule has 0 unspecified atom stereocenters. The Balaban J connectivity index is 2.45. The van der Waals surface area contributed by atoms with Crippen molar-refractivity contribution in [2.75, 3.05) is 0 Å². The number of aryl methyl sites for hydroxylation is 1. The van der Waals surface area contributed by atoms with Crippen LogP contribution in [0.5, 0.6) is 0 Å². The first-order valence-electron chi connectivity index (χ1n) is 6.59. The standard InChI is InChI=1S/C16H17NO3/c1-3-4-12-5-7-13(8-6-12)14-9-10-17(16(19)20)15(18)11(14)2/h5-10H,3-4H2,1-2H3,(H,19,20). The summed E-state index contributed by atoms with van der Waals surface area (Å²) >= 11 is 0. The molecule has 0 atom stereocenters. The summed E-state index contributed by atoms with van der Waals surface area (Å²) < 4.78 is 0.699. The maximum absolute atomic E-state index is 12.0. The monoisotopic (exact) mass is 271 g/mol. The lowest BCUT2D eigenvalue weighted by atomic mass is 10.00. The molecule has 104 valence electrons. The minimum Gasteiger partial charge on any atom is -0.464 e. The highest BCUT2D eigenvalue weighted by Crippen LogP contribution is 2.21. The Labute approximate surface area is 117 Å². The first-order chi connectivity index (χ1) is 9.54. The minimum absolute atomic E-state index is 0.443. The van der Waals surface area contributed by atoms with Crippen LogP contribution in [0.1, 0.15) is 24.5 Å². The predicted molar refractivity (Wildman–Crippen MR) is 78.3 cm³/mol. The van der Waals surface area contributed by atoms with E-state index in [2.05, 4.69) is 6.92 Å². The lowest BCUT2D eigenvalue weighted by Crippen LogP contribution is -2.27. The van der Waals surface area contributed by atoms with Gasteiger partial charge in [0.1, 0.15) is 0 Å². The molecule has 0 fully saturated rings. The third-order valence-electron chi connectivity index (χ3n) is 3.34. The van der Waals surface area contributed by atoms with Gasteiger partial charge in [-0.15, -0.1) is 0 Å². The Bertz CT molecular complexity index is 684. The molecule has 0 radical (unpaired) electrons. The third kappa shape index (κ3) is 2.64. The molecule has 2 rings (SSSR count). The molecule has 0 aliphatic heterocycles. The maximum atomic E-state index is 12.0. The first-order valence-corrected chi connectivity index (χ1v) is 6.59. The number of aromatic nitrogens is 1. The second-order valence-electron chi connectivity index (χ2n) is 4.76. The molecule has 0 saturated carbocycles. The highest BCUT2D eigenvalue weighted by molar-refractivity contribution is 5.72. The van der Waals surface area contributed by atoms with Crippen LogP contribution < -0.4 is 5.56 Å². The molecule has 0 saturated heterocycles. The van der Waals surface area contributed by atoms with Gasteiger partial charge in [-0.3, -0.25) is 4.79 Å². The Hall–Kier alpha value is -2.36. The Morgan fingerprint density at radius 3 is 2.40 bits per heavy atom. The van der Waals surface area contributed by atoms with E-state index in [1.54, 1.807) is 13.0 Å². The molecule has 4 heteroatoms. The number of hydrogen-bond donors (Lipinski definition) is 1. The number of hydrogen-bond acceptors (Lipinski definition) is 2. The summed E-state index contributed by atoms with van der Waals surface area (Å²) in [5, 5.41) is 8.91. The fourth-order valence-corrected chi connectivity index (χ4v) is 2.24. The maximum Gasteiger partial charge on any atom is 0.418 e. The van der Waals surface area contributed by atoms with Crippen LogP contribution in [-0.4, -0.2) is 15.8 Å². The van der Waals surface area contributed by atoms with Crippen molar-refractivity contribution in [2.24, 2.45) is 0 Å². The van der Waals surface area contributed by atoms with Crippen molar-refractivity contribution in [3.05, 3.63) is 58.0 Å². The lowest BCUT2D eigenvalue weighted by molar-refractivity contribution is 0.195. The number of rotatable bonds is 3. The van der Waals surface area contributed by atoms with Gasteiger partial charge in [0.2, 0.25) is 0 Å². The molecule has 0 aliphatic carbocycles. The fraction of sp³-hybridized carbons (Fsp3) is 0.250. The van der Waals surface area contributed by atoms with Crippen molar-refractivity contribution in [3.63, 3.8) is 0 Å². The molecule has 2 aromatic rings. The van der Waals surface area contributed by atoms with Crippen LogP contribution in [0, 0.1) is 6.92 Å². The third-order valence-corrected chi connectivity index (χ3v) is 3.34. The molecule has 20 heavy (non-hydrogen) atoms. The molecular formula is C16H17NO3. The molecule has 1 aromatic heterocycles. The van der Waals surface area contributed by atoms with Gasteiger partial charge in [0.15, 0.2) is 0 Å². The van der Waals surface area contributed by atoms with E-state index in [0.717, 1.165) is 24.0 Å². The number of carbonyl (C=O) groups is 1. The average Bonchev–Trinajstić information content (AvgIpc) is 2.43. The van der Waals surface area contributed by atoms with Crippen molar-refractivity contribution in [2.45, 2.75) is 26.7 Å². The molecule has 1 N–H and O–H groups in total. The van der Waals surface area contributed by atoms with E-state index >= 15 is 0 Å². The van der Waals surface area contributed by atoms with E-state index in [0.29, 0.717) is 10.1 Å². The first kappa shape index (κ1) is 14.1. The SMILES string of the molecule is CCCc1ccc(-c2ccn(C(=O)O)c(=O)c2C)cc1. The molecule has 4 nitrogen and oxygen atoms in total. The summed E-state index contributed by atoms with van der Waals surface area (Å²) in [6.07, 6.45) is 2.16. The molecule has 1 heterocycles. The highest BCUT2D eigenvalue weighted by atomic mass is 16.4. The van der Waals surface area contributed by atoms with Crippen LogP contribution in [-0.2, 0) is 6.42 Å². The Kier molecular flexibility index (Phi) is 4.03. The normalized spacial score (nSPS) is 10.5. The van der Waals surface area contributed by atoms with Gasteiger partial charge in [-0.25, -0.2) is 9.36 Å². The highest BCUT2D eigenvalue weighted by Gasteiger charge is 2.11. The summed E-state index contributed by atoms with van der Waals surface area (Å²) in [5.74, 6) is 0. The van der Waals surface area contributed by atoms with Crippen molar-refractivity contribution in [1.29, 1.82) is 0 Å². The summed E-state index contributed by atoms with van der Waals surface area (Å²) in [7, 11) is 0. The van der Waals surface area contributed by atoms with Gasteiger partial charge < -0.3 is 5.11 Å². The molecular weight excluding hydrogens is 254 g/mol. The summed E-state index contributed by atoms with van der Waals surface area (Å²) in [6.45, 7) is 3.78. The van der Waals surface area contributed by atoms with Gasteiger partial charge in [0.05, 0.1) is 0 Å². The van der Waals surface area contributed by atoms with Crippen molar-refractivity contribution >= 4 is 6.09 Å². The van der Waals surface area contributed by atoms with E-state index < -0.39 is 11.7 Å². The van der Waals surface area contributed by atoms with Gasteiger partial charge in [0.25, 0.3) is 5.56 Å². The lowest BCUT2D eigenvalue weighted by Gasteiger charge is -2.08. The summed E-state index contributed by atoms with van der Waals surface area (Å²) in [6, 6.07) is 9.69. The van der Waals surface area contributed by atoms with Crippen molar-refractivity contribution in [1.82, 2.24) is 4.57 Å². The van der Waals surface area contributed by atoms with Crippen LogP contribution in [0.15, 0.2) is 41.3 Å². The van der Waals surface area contributed by atoms with Crippen LogP contribution in [0.2, 0.25) is 0 Å². The van der Waals surface area contributed by atoms with Gasteiger partial charge in [-0.2, -0.15) is 0 Å². The van der Waals surface area contributed by atoms with E-state index in [1.165, 1.54) is 11.8 Å². The van der Waals surface area contributed by atoms with Crippen molar-refractivity contribution < 1.29 is 9.90 Å². The zero-order chi connectivity index (χ0) is 14.7. The van der Waals surface area contributed by atoms with Gasteiger partial charge in [-0.05, 0) is 36.1 Å². The van der Waals surface area contributed by atoms with Crippen LogP contribution in [0.3, 0.4) is 0 Å². The topological polar surface area (TPSA) is 59.3 Å². The molecule has 0 aliphatic rings. The predicted octanol–water partition coefficient (Wildman–Crippen LogP) is 3.30. The second-order valence-corrected chi connectivity index (χ2v) is 4.76. The number of benzene rings is 1. The van der Waals surface area contributed by atoms with E-state index in [1.807, 2.05) is 24.3 Å². The van der Waals surface area contributed by atoms with Crippen molar-refractivity contribution in [3.8, 4) is 11.1 Å². The quantitative estimate of drug-likeness (QED) is 0.931. The second kappa shape index (κ2) is 5.74.